The van der Waals surface area contributed by atoms with Crippen LogP contribution in [0.2, 0.25) is 0 Å². The molecule has 2 rings (SSSR count). The number of ether oxygens (including phenoxy) is 1. The van der Waals surface area contributed by atoms with Gasteiger partial charge in [-0.3, -0.25) is 0 Å². The molecule has 22 heavy (non-hydrogen) atoms. The number of carbonyl (C=O) groups excluding carboxylic acids is 1. The first-order valence-corrected chi connectivity index (χ1v) is 7.56. The number of nitrogens with one attached hydrogen (secondary N) is 1. The van der Waals surface area contributed by atoms with Crippen LogP contribution in [0.15, 0.2) is 24.3 Å². The van der Waals surface area contributed by atoms with Crippen molar-refractivity contribution < 1.29 is 19.4 Å². The molecule has 0 bridgehead atoms. The van der Waals surface area contributed by atoms with Crippen LogP contribution in [0.1, 0.15) is 50.7 Å². The molecule has 0 spiro atoms. The Labute approximate surface area is 130 Å². The van der Waals surface area contributed by atoms with Gasteiger partial charge in [-0.1, -0.05) is 24.3 Å². The summed E-state index contributed by atoms with van der Waals surface area (Å²) < 4.78 is 5.10. The summed E-state index contributed by atoms with van der Waals surface area (Å²) in [6, 6.07) is 6.95. The maximum atomic E-state index is 11.7. The van der Waals surface area contributed by atoms with Crippen LogP contribution >= 0.6 is 0 Å². The molecular formula is C17H23NO4. The second kappa shape index (κ2) is 6.38. The van der Waals surface area contributed by atoms with Gasteiger partial charge < -0.3 is 15.2 Å². The lowest BCUT2D eigenvalue weighted by molar-refractivity contribution is -0.139. The van der Waals surface area contributed by atoms with Crippen LogP contribution < -0.4 is 5.32 Å². The van der Waals surface area contributed by atoms with Gasteiger partial charge in [0.15, 0.2) is 0 Å². The van der Waals surface area contributed by atoms with Crippen molar-refractivity contribution in [3.05, 3.63) is 35.4 Å². The Morgan fingerprint density at radius 3 is 2.32 bits per heavy atom. The average molecular weight is 305 g/mol. The molecule has 1 amide bonds. The van der Waals surface area contributed by atoms with Crippen molar-refractivity contribution in [2.45, 2.75) is 57.6 Å². The summed E-state index contributed by atoms with van der Waals surface area (Å²) >= 11 is 0. The van der Waals surface area contributed by atoms with Gasteiger partial charge in [-0.25, -0.2) is 9.59 Å². The Morgan fingerprint density at radius 1 is 1.27 bits per heavy atom. The molecule has 5 nitrogen and oxygen atoms in total. The Balaban J connectivity index is 1.96. The third kappa shape index (κ3) is 5.06. The van der Waals surface area contributed by atoms with E-state index in [1.165, 1.54) is 18.4 Å². The highest BCUT2D eigenvalue weighted by atomic mass is 16.6. The molecule has 1 aromatic rings. The van der Waals surface area contributed by atoms with Crippen LogP contribution in [0.3, 0.4) is 0 Å². The van der Waals surface area contributed by atoms with Crippen molar-refractivity contribution in [3.63, 3.8) is 0 Å². The second-order valence-corrected chi connectivity index (χ2v) is 6.76. The van der Waals surface area contributed by atoms with Crippen LogP contribution in [0, 0.1) is 0 Å². The van der Waals surface area contributed by atoms with Crippen molar-refractivity contribution in [2.24, 2.45) is 0 Å². The van der Waals surface area contributed by atoms with E-state index in [-0.39, 0.29) is 6.42 Å². The fourth-order valence-electron chi connectivity index (χ4n) is 2.23. The van der Waals surface area contributed by atoms with E-state index in [2.05, 4.69) is 5.32 Å². The van der Waals surface area contributed by atoms with Crippen LogP contribution in [-0.2, 0) is 16.0 Å². The number of aliphatic carboxylic acids is 1. The van der Waals surface area contributed by atoms with E-state index in [0.29, 0.717) is 5.92 Å². The van der Waals surface area contributed by atoms with Crippen molar-refractivity contribution in [3.8, 4) is 0 Å². The van der Waals surface area contributed by atoms with E-state index in [9.17, 15) is 14.7 Å². The largest absolute Gasteiger partial charge is 0.480 e. The molecule has 0 aromatic heterocycles. The van der Waals surface area contributed by atoms with E-state index >= 15 is 0 Å². The fourth-order valence-corrected chi connectivity index (χ4v) is 2.23. The Kier molecular flexibility index (Phi) is 4.74. The highest BCUT2D eigenvalue weighted by Gasteiger charge is 2.25. The molecule has 0 saturated heterocycles. The first-order valence-electron chi connectivity index (χ1n) is 7.56. The summed E-state index contributed by atoms with van der Waals surface area (Å²) in [5.74, 6) is -0.402. The molecule has 2 N–H and O–H groups in total. The van der Waals surface area contributed by atoms with E-state index in [4.69, 9.17) is 4.74 Å². The summed E-state index contributed by atoms with van der Waals surface area (Å²) in [7, 11) is 0. The van der Waals surface area contributed by atoms with Gasteiger partial charge in [0.1, 0.15) is 11.6 Å². The molecule has 1 aliphatic rings. The predicted octanol–water partition coefficient (Wildman–Crippen LogP) is 3.08. The molecule has 1 aromatic carbocycles. The van der Waals surface area contributed by atoms with E-state index in [1.54, 1.807) is 20.8 Å². The van der Waals surface area contributed by atoms with Gasteiger partial charge >= 0.3 is 12.1 Å². The zero-order valence-corrected chi connectivity index (χ0v) is 13.3. The monoisotopic (exact) mass is 305 g/mol. The lowest BCUT2D eigenvalue weighted by atomic mass is 10.0. The van der Waals surface area contributed by atoms with Crippen molar-refractivity contribution in [2.75, 3.05) is 0 Å². The number of hydrogen-bond donors (Lipinski definition) is 2. The zero-order valence-electron chi connectivity index (χ0n) is 13.3. The third-order valence-electron chi connectivity index (χ3n) is 3.46. The van der Waals surface area contributed by atoms with Crippen molar-refractivity contribution in [1.29, 1.82) is 0 Å². The second-order valence-electron chi connectivity index (χ2n) is 6.76. The smallest absolute Gasteiger partial charge is 0.408 e. The molecule has 1 aliphatic carbocycles. The number of hydrogen-bond acceptors (Lipinski definition) is 3. The minimum atomic E-state index is -1.07. The SMILES string of the molecule is CC(C)(C)OC(=O)N[C@@H](Cc1ccc(C2CC2)cc1)C(=O)O. The average Bonchev–Trinajstić information content (AvgIpc) is 3.20. The number of amides is 1. The van der Waals surface area contributed by atoms with Crippen LogP contribution in [0.4, 0.5) is 4.79 Å². The molecule has 1 saturated carbocycles. The summed E-state index contributed by atoms with van der Waals surface area (Å²) in [5, 5.41) is 11.7. The van der Waals surface area contributed by atoms with E-state index in [1.807, 2.05) is 24.3 Å². The standard InChI is InChI=1S/C17H23NO4/c1-17(2,3)22-16(21)18-14(15(19)20)10-11-4-6-12(7-5-11)13-8-9-13/h4-7,13-14H,8-10H2,1-3H3,(H,18,21)(H,19,20)/t14-/m0/s1. The molecular weight excluding hydrogens is 282 g/mol. The number of rotatable bonds is 5. The molecule has 1 atom stereocenters. The maximum absolute atomic E-state index is 11.7. The number of carboxylic acid groups (broad SMARTS) is 1. The zero-order chi connectivity index (χ0) is 16.3. The highest BCUT2D eigenvalue weighted by molar-refractivity contribution is 5.80. The number of carbonyl (C=O) groups is 2. The Bertz CT molecular complexity index is 541. The quantitative estimate of drug-likeness (QED) is 0.876. The summed E-state index contributed by atoms with van der Waals surface area (Å²) in [6.07, 6.45) is 1.99. The van der Waals surface area contributed by atoms with Gasteiger partial charge in [0.05, 0.1) is 0 Å². The first-order chi connectivity index (χ1) is 10.2. The van der Waals surface area contributed by atoms with Gasteiger partial charge in [0, 0.05) is 6.42 Å². The van der Waals surface area contributed by atoms with Crippen molar-refractivity contribution in [1.82, 2.24) is 5.32 Å². The minimum absolute atomic E-state index is 0.236. The van der Waals surface area contributed by atoms with Crippen LogP contribution in [0.25, 0.3) is 0 Å². The molecule has 0 unspecified atom stereocenters. The molecule has 5 heteroatoms. The number of benzene rings is 1. The highest BCUT2D eigenvalue weighted by Crippen LogP contribution is 2.39. The first kappa shape index (κ1) is 16.3. The topological polar surface area (TPSA) is 75.6 Å². The van der Waals surface area contributed by atoms with Gasteiger partial charge in [-0.2, -0.15) is 0 Å². The van der Waals surface area contributed by atoms with Gasteiger partial charge in [0.2, 0.25) is 0 Å². The normalized spacial score (nSPS) is 16.0. The van der Waals surface area contributed by atoms with Crippen LogP contribution in [-0.4, -0.2) is 28.8 Å². The van der Waals surface area contributed by atoms with Gasteiger partial charge in [-0.05, 0) is 50.7 Å². The minimum Gasteiger partial charge on any atom is -0.480 e. The lowest BCUT2D eigenvalue weighted by Crippen LogP contribution is -2.44. The molecule has 0 heterocycles. The summed E-state index contributed by atoms with van der Waals surface area (Å²) in [5.41, 5.74) is 1.53. The molecule has 0 radical (unpaired) electrons. The molecule has 0 aliphatic heterocycles. The number of alkyl carbamates (subject to hydrolysis) is 1. The van der Waals surface area contributed by atoms with E-state index in [0.717, 1.165) is 5.56 Å². The summed E-state index contributed by atoms with van der Waals surface area (Å²) in [6.45, 7) is 5.21. The molecule has 120 valence electrons. The Morgan fingerprint density at radius 2 is 1.86 bits per heavy atom. The lowest BCUT2D eigenvalue weighted by Gasteiger charge is -2.22. The van der Waals surface area contributed by atoms with Crippen molar-refractivity contribution >= 4 is 12.1 Å². The third-order valence-corrected chi connectivity index (χ3v) is 3.46. The maximum Gasteiger partial charge on any atom is 0.408 e. The fraction of sp³-hybridized carbons (Fsp3) is 0.529. The van der Waals surface area contributed by atoms with Gasteiger partial charge in [-0.15, -0.1) is 0 Å². The Hall–Kier alpha value is -2.04. The van der Waals surface area contributed by atoms with Gasteiger partial charge in [0.25, 0.3) is 0 Å². The predicted molar refractivity (Wildman–Crippen MR) is 82.9 cm³/mol. The molecule has 1 fully saturated rings. The van der Waals surface area contributed by atoms with Crippen LogP contribution in [0.5, 0.6) is 0 Å². The number of carboxylic acids is 1. The summed E-state index contributed by atoms with van der Waals surface area (Å²) in [4.78, 5) is 23.0. The van der Waals surface area contributed by atoms with E-state index < -0.39 is 23.7 Å².